The Labute approximate surface area is 118 Å². The van der Waals surface area contributed by atoms with Gasteiger partial charge >= 0.3 is 0 Å². The molecule has 1 heterocycles. The first kappa shape index (κ1) is 13.9. The number of rotatable bonds is 6. The zero-order valence-electron chi connectivity index (χ0n) is 11.2. The molecule has 4 heteroatoms. The number of benzene rings is 1. The van der Waals surface area contributed by atoms with E-state index >= 15 is 0 Å². The van der Waals surface area contributed by atoms with Crippen LogP contribution in [0.4, 0.5) is 0 Å². The second-order valence-corrected chi connectivity index (χ2v) is 5.30. The fourth-order valence-electron chi connectivity index (χ4n) is 1.81. The van der Waals surface area contributed by atoms with Crippen LogP contribution in [0.2, 0.25) is 0 Å². The smallest absolute Gasteiger partial charge is 0.148 e. The Kier molecular flexibility index (Phi) is 4.82. The molecule has 0 bridgehead atoms. The number of hydrogen-bond donors (Lipinski definition) is 1. The van der Waals surface area contributed by atoms with Crippen molar-refractivity contribution in [2.75, 3.05) is 6.61 Å². The molecule has 2 aromatic rings. The van der Waals surface area contributed by atoms with E-state index in [0.29, 0.717) is 6.61 Å². The quantitative estimate of drug-likeness (QED) is 0.877. The van der Waals surface area contributed by atoms with E-state index in [1.54, 1.807) is 11.3 Å². The second-order valence-electron chi connectivity index (χ2n) is 4.32. The lowest BCUT2D eigenvalue weighted by Crippen LogP contribution is -2.28. The monoisotopic (exact) mass is 277 g/mol. The molecule has 0 aliphatic heterocycles. The van der Waals surface area contributed by atoms with Crippen LogP contribution in [0.5, 0.6) is 11.5 Å². The molecule has 0 amide bonds. The van der Waals surface area contributed by atoms with Crippen molar-refractivity contribution in [3.63, 3.8) is 0 Å². The van der Waals surface area contributed by atoms with E-state index in [2.05, 4.69) is 0 Å². The van der Waals surface area contributed by atoms with Crippen LogP contribution in [0, 0.1) is 0 Å². The van der Waals surface area contributed by atoms with E-state index in [9.17, 15) is 0 Å². The maximum atomic E-state index is 6.01. The highest BCUT2D eigenvalue weighted by Gasteiger charge is 2.19. The average Bonchev–Trinajstić information content (AvgIpc) is 2.91. The molecule has 0 saturated heterocycles. The first-order valence-corrected chi connectivity index (χ1v) is 7.27. The molecule has 0 aliphatic carbocycles. The third-order valence-electron chi connectivity index (χ3n) is 2.70. The number of thiophene rings is 1. The lowest BCUT2D eigenvalue weighted by molar-refractivity contribution is 0.184. The first-order valence-electron chi connectivity index (χ1n) is 6.39. The summed E-state index contributed by atoms with van der Waals surface area (Å²) in [5.41, 5.74) is 6.01. The van der Waals surface area contributed by atoms with Crippen molar-refractivity contribution < 1.29 is 9.47 Å². The molecule has 1 aromatic heterocycles. The summed E-state index contributed by atoms with van der Waals surface area (Å²) >= 11 is 1.66. The molecule has 0 fully saturated rings. The highest BCUT2D eigenvalue weighted by Crippen LogP contribution is 2.28. The van der Waals surface area contributed by atoms with Crippen LogP contribution in [0.1, 0.15) is 24.8 Å². The molecule has 3 nitrogen and oxygen atoms in total. The third-order valence-corrected chi connectivity index (χ3v) is 3.63. The van der Waals surface area contributed by atoms with Crippen molar-refractivity contribution in [1.82, 2.24) is 0 Å². The number of hydrogen-bond acceptors (Lipinski definition) is 4. The first-order chi connectivity index (χ1) is 9.20. The van der Waals surface area contributed by atoms with Crippen LogP contribution in [0.3, 0.4) is 0 Å². The molecule has 19 heavy (non-hydrogen) atoms. The fraction of sp³-hybridized carbons (Fsp3) is 0.333. The van der Waals surface area contributed by atoms with Gasteiger partial charge in [-0.25, -0.2) is 0 Å². The molecule has 0 saturated carbocycles. The van der Waals surface area contributed by atoms with Crippen molar-refractivity contribution in [2.45, 2.75) is 26.0 Å². The molecule has 0 radical (unpaired) electrons. The SMILES string of the molecule is CCOc1ccc(OC(c2cccs2)C(C)N)cc1. The van der Waals surface area contributed by atoms with Gasteiger partial charge in [0.1, 0.15) is 17.6 Å². The summed E-state index contributed by atoms with van der Waals surface area (Å²) in [6.07, 6.45) is -0.113. The van der Waals surface area contributed by atoms with Gasteiger partial charge in [-0.05, 0) is 49.6 Å². The van der Waals surface area contributed by atoms with E-state index in [-0.39, 0.29) is 12.1 Å². The maximum absolute atomic E-state index is 6.01. The lowest BCUT2D eigenvalue weighted by Gasteiger charge is -2.21. The fourth-order valence-corrected chi connectivity index (χ4v) is 2.67. The van der Waals surface area contributed by atoms with Gasteiger partial charge in [0.25, 0.3) is 0 Å². The minimum atomic E-state index is -0.113. The largest absolute Gasteiger partial charge is 0.494 e. The van der Waals surface area contributed by atoms with Crippen LogP contribution >= 0.6 is 11.3 Å². The summed E-state index contributed by atoms with van der Waals surface area (Å²) in [7, 11) is 0. The summed E-state index contributed by atoms with van der Waals surface area (Å²) < 4.78 is 11.4. The predicted octanol–water partition coefficient (Wildman–Crippen LogP) is 3.61. The second kappa shape index (κ2) is 6.59. The molecule has 0 aliphatic rings. The van der Waals surface area contributed by atoms with Crippen LogP contribution in [0.25, 0.3) is 0 Å². The van der Waals surface area contributed by atoms with E-state index in [0.717, 1.165) is 16.4 Å². The van der Waals surface area contributed by atoms with Crippen molar-refractivity contribution in [1.29, 1.82) is 0 Å². The van der Waals surface area contributed by atoms with Gasteiger partial charge in [0.05, 0.1) is 6.61 Å². The Bertz CT molecular complexity index is 479. The molecule has 0 spiro atoms. The topological polar surface area (TPSA) is 44.5 Å². The Morgan fingerprint density at radius 3 is 2.37 bits per heavy atom. The van der Waals surface area contributed by atoms with E-state index in [1.807, 2.05) is 55.6 Å². The van der Waals surface area contributed by atoms with Crippen molar-refractivity contribution in [3.8, 4) is 11.5 Å². The van der Waals surface area contributed by atoms with Crippen molar-refractivity contribution >= 4 is 11.3 Å². The van der Waals surface area contributed by atoms with E-state index < -0.39 is 0 Å². The Morgan fingerprint density at radius 2 is 1.84 bits per heavy atom. The normalized spacial score (nSPS) is 13.8. The Morgan fingerprint density at radius 1 is 1.16 bits per heavy atom. The lowest BCUT2D eigenvalue weighted by atomic mass is 10.1. The van der Waals surface area contributed by atoms with E-state index in [1.165, 1.54) is 0 Å². The van der Waals surface area contributed by atoms with Gasteiger partial charge in [-0.3, -0.25) is 0 Å². The molecule has 2 N–H and O–H groups in total. The number of nitrogens with two attached hydrogens (primary N) is 1. The highest BCUT2D eigenvalue weighted by atomic mass is 32.1. The van der Waals surface area contributed by atoms with Gasteiger partial charge in [-0.2, -0.15) is 0 Å². The standard InChI is InChI=1S/C15H19NO2S/c1-3-17-12-6-8-13(9-7-12)18-15(11(2)16)14-5-4-10-19-14/h4-11,15H,3,16H2,1-2H3. The van der Waals surface area contributed by atoms with Crippen LogP contribution in [-0.4, -0.2) is 12.6 Å². The summed E-state index contributed by atoms with van der Waals surface area (Å²) in [6.45, 7) is 4.59. The molecular formula is C15H19NO2S. The molecule has 102 valence electrons. The molecule has 2 rings (SSSR count). The molecule has 2 unspecified atom stereocenters. The summed E-state index contributed by atoms with van der Waals surface area (Å²) in [4.78, 5) is 1.14. The Balaban J connectivity index is 2.09. The van der Waals surface area contributed by atoms with Gasteiger partial charge in [-0.1, -0.05) is 6.07 Å². The van der Waals surface area contributed by atoms with Crippen LogP contribution in [0.15, 0.2) is 41.8 Å². The summed E-state index contributed by atoms with van der Waals surface area (Å²) in [6, 6.07) is 11.6. The highest BCUT2D eigenvalue weighted by molar-refractivity contribution is 7.10. The van der Waals surface area contributed by atoms with Gasteiger partial charge in [-0.15, -0.1) is 11.3 Å². The Hall–Kier alpha value is -1.52. The van der Waals surface area contributed by atoms with Crippen molar-refractivity contribution in [2.24, 2.45) is 5.73 Å². The van der Waals surface area contributed by atoms with Gasteiger partial charge in [0.15, 0.2) is 0 Å². The maximum Gasteiger partial charge on any atom is 0.148 e. The predicted molar refractivity (Wildman–Crippen MR) is 78.9 cm³/mol. The van der Waals surface area contributed by atoms with Crippen LogP contribution in [-0.2, 0) is 0 Å². The third kappa shape index (κ3) is 3.72. The minimum absolute atomic E-state index is 0.0646. The average molecular weight is 277 g/mol. The zero-order chi connectivity index (χ0) is 13.7. The minimum Gasteiger partial charge on any atom is -0.494 e. The van der Waals surface area contributed by atoms with Crippen molar-refractivity contribution in [3.05, 3.63) is 46.7 Å². The molecular weight excluding hydrogens is 258 g/mol. The summed E-state index contributed by atoms with van der Waals surface area (Å²) in [5, 5.41) is 2.03. The van der Waals surface area contributed by atoms with Crippen LogP contribution < -0.4 is 15.2 Å². The van der Waals surface area contributed by atoms with Gasteiger partial charge in [0, 0.05) is 10.9 Å². The van der Waals surface area contributed by atoms with Gasteiger partial charge < -0.3 is 15.2 Å². The van der Waals surface area contributed by atoms with E-state index in [4.69, 9.17) is 15.2 Å². The summed E-state index contributed by atoms with van der Waals surface area (Å²) in [5.74, 6) is 1.66. The number of ether oxygens (including phenoxy) is 2. The van der Waals surface area contributed by atoms with Gasteiger partial charge in [0.2, 0.25) is 0 Å². The zero-order valence-corrected chi connectivity index (χ0v) is 12.0. The molecule has 1 aromatic carbocycles. The molecule has 2 atom stereocenters.